The molecule has 0 saturated carbocycles. The molecule has 4 rings (SSSR count). The number of pyridine rings is 2. The molecule has 0 radical (unpaired) electrons. The van der Waals surface area contributed by atoms with Crippen molar-refractivity contribution in [3.8, 4) is 16.8 Å². The van der Waals surface area contributed by atoms with Gasteiger partial charge in [0.1, 0.15) is 0 Å². The third kappa shape index (κ3) is 2.09. The molecule has 21 heavy (non-hydrogen) atoms. The van der Waals surface area contributed by atoms with Crippen LogP contribution in [0.4, 0.5) is 0 Å². The van der Waals surface area contributed by atoms with Crippen LogP contribution in [-0.2, 0) is 0 Å². The number of hydrogen-bond acceptors (Lipinski definition) is 2. The van der Waals surface area contributed by atoms with Gasteiger partial charge in [-0.25, -0.2) is 0 Å². The van der Waals surface area contributed by atoms with Gasteiger partial charge in [0.15, 0.2) is 0 Å². The molecule has 0 fully saturated rings. The lowest BCUT2D eigenvalue weighted by Crippen LogP contribution is -1.92. The molecule has 0 atom stereocenters. The van der Waals surface area contributed by atoms with E-state index in [4.69, 9.17) is 0 Å². The average molecular weight is 271 g/mol. The highest BCUT2D eigenvalue weighted by Crippen LogP contribution is 2.26. The fourth-order valence-electron chi connectivity index (χ4n) is 2.57. The van der Waals surface area contributed by atoms with E-state index in [0.29, 0.717) is 0 Å². The van der Waals surface area contributed by atoms with Gasteiger partial charge < -0.3 is 4.57 Å². The number of nitrogens with zero attached hydrogens (tertiary/aromatic N) is 3. The Morgan fingerprint density at radius 1 is 0.762 bits per heavy atom. The average Bonchev–Trinajstić information content (AvgIpc) is 2.99. The highest BCUT2D eigenvalue weighted by Gasteiger charge is 2.05. The van der Waals surface area contributed by atoms with Crippen molar-refractivity contribution in [2.45, 2.75) is 0 Å². The highest BCUT2D eigenvalue weighted by atomic mass is 15.0. The largest absolute Gasteiger partial charge is 0.315 e. The summed E-state index contributed by atoms with van der Waals surface area (Å²) in [5.74, 6) is 0. The third-order valence-electron chi connectivity index (χ3n) is 3.63. The molecule has 3 nitrogen and oxygen atoms in total. The van der Waals surface area contributed by atoms with E-state index < -0.39 is 0 Å². The van der Waals surface area contributed by atoms with Crippen LogP contribution in [0, 0.1) is 0 Å². The number of fused-ring (bicyclic) bond motifs is 1. The van der Waals surface area contributed by atoms with Gasteiger partial charge in [-0.15, -0.1) is 0 Å². The first-order chi connectivity index (χ1) is 10.4. The van der Waals surface area contributed by atoms with Gasteiger partial charge in [-0.3, -0.25) is 9.97 Å². The summed E-state index contributed by atoms with van der Waals surface area (Å²) in [6.45, 7) is 0. The van der Waals surface area contributed by atoms with Crippen molar-refractivity contribution in [2.75, 3.05) is 0 Å². The fraction of sp³-hybridized carbons (Fsp3) is 0. The molecular formula is C18H13N3. The SMILES string of the molecule is c1cncc(-n2ccc3ccc(-c4ccncc4)cc32)c1. The maximum absolute atomic E-state index is 4.20. The molecule has 3 heteroatoms. The molecule has 0 aliphatic rings. The number of benzene rings is 1. The maximum atomic E-state index is 4.20. The zero-order chi connectivity index (χ0) is 14.1. The summed E-state index contributed by atoms with van der Waals surface area (Å²) in [5.41, 5.74) is 4.61. The van der Waals surface area contributed by atoms with Gasteiger partial charge in [-0.2, -0.15) is 0 Å². The van der Waals surface area contributed by atoms with Crippen LogP contribution in [0.3, 0.4) is 0 Å². The summed E-state index contributed by atoms with van der Waals surface area (Å²) in [7, 11) is 0. The molecule has 1 aromatic carbocycles. The van der Waals surface area contributed by atoms with Crippen molar-refractivity contribution in [3.63, 3.8) is 0 Å². The Hall–Kier alpha value is -2.94. The lowest BCUT2D eigenvalue weighted by atomic mass is 10.1. The lowest BCUT2D eigenvalue weighted by molar-refractivity contribution is 1.10. The fourth-order valence-corrected chi connectivity index (χ4v) is 2.57. The third-order valence-corrected chi connectivity index (χ3v) is 3.63. The Bertz CT molecular complexity index is 880. The van der Waals surface area contributed by atoms with E-state index in [2.05, 4.69) is 51.1 Å². The molecule has 0 unspecified atom stereocenters. The van der Waals surface area contributed by atoms with Crippen LogP contribution in [0.5, 0.6) is 0 Å². The monoisotopic (exact) mass is 271 g/mol. The number of aromatic nitrogens is 3. The molecule has 0 aliphatic heterocycles. The number of hydrogen-bond donors (Lipinski definition) is 0. The van der Waals surface area contributed by atoms with Crippen molar-refractivity contribution < 1.29 is 0 Å². The van der Waals surface area contributed by atoms with E-state index in [-0.39, 0.29) is 0 Å². The van der Waals surface area contributed by atoms with Crippen LogP contribution >= 0.6 is 0 Å². The number of rotatable bonds is 2. The van der Waals surface area contributed by atoms with Crippen LogP contribution < -0.4 is 0 Å². The van der Waals surface area contributed by atoms with Crippen LogP contribution in [-0.4, -0.2) is 14.5 Å². The van der Waals surface area contributed by atoms with Crippen molar-refractivity contribution in [1.29, 1.82) is 0 Å². The minimum Gasteiger partial charge on any atom is -0.315 e. The van der Waals surface area contributed by atoms with Crippen LogP contribution in [0.2, 0.25) is 0 Å². The molecule has 3 heterocycles. The minimum atomic E-state index is 1.07. The van der Waals surface area contributed by atoms with Gasteiger partial charge in [0.25, 0.3) is 0 Å². The van der Waals surface area contributed by atoms with Gasteiger partial charge in [-0.05, 0) is 52.9 Å². The first-order valence-corrected chi connectivity index (χ1v) is 6.84. The predicted octanol–water partition coefficient (Wildman–Crippen LogP) is 4.09. The van der Waals surface area contributed by atoms with Gasteiger partial charge in [0.05, 0.1) is 17.4 Å². The molecule has 0 N–H and O–H groups in total. The van der Waals surface area contributed by atoms with E-state index >= 15 is 0 Å². The van der Waals surface area contributed by atoms with Gasteiger partial charge in [0.2, 0.25) is 0 Å². The second kappa shape index (κ2) is 4.87. The molecular weight excluding hydrogens is 258 g/mol. The summed E-state index contributed by atoms with van der Waals surface area (Å²) >= 11 is 0. The Kier molecular flexibility index (Phi) is 2.75. The Morgan fingerprint density at radius 3 is 2.48 bits per heavy atom. The zero-order valence-corrected chi connectivity index (χ0v) is 11.3. The Balaban J connectivity index is 1.91. The van der Waals surface area contributed by atoms with E-state index in [9.17, 15) is 0 Å². The zero-order valence-electron chi connectivity index (χ0n) is 11.3. The van der Waals surface area contributed by atoms with E-state index in [0.717, 1.165) is 5.69 Å². The van der Waals surface area contributed by atoms with Crippen molar-refractivity contribution in [1.82, 2.24) is 14.5 Å². The molecule has 4 aromatic rings. The predicted molar refractivity (Wildman–Crippen MR) is 84.3 cm³/mol. The summed E-state index contributed by atoms with van der Waals surface area (Å²) in [6.07, 6.45) is 9.38. The van der Waals surface area contributed by atoms with E-state index in [1.807, 2.05) is 36.8 Å². The first-order valence-electron chi connectivity index (χ1n) is 6.84. The lowest BCUT2D eigenvalue weighted by Gasteiger charge is -2.07. The molecule has 0 amide bonds. The van der Waals surface area contributed by atoms with E-state index in [1.165, 1.54) is 22.0 Å². The Labute approximate surface area is 122 Å². The summed E-state index contributed by atoms with van der Waals surface area (Å²) in [5, 5.41) is 1.22. The Morgan fingerprint density at radius 2 is 1.67 bits per heavy atom. The van der Waals surface area contributed by atoms with Gasteiger partial charge in [0, 0.05) is 24.8 Å². The minimum absolute atomic E-state index is 1.07. The molecule has 0 saturated heterocycles. The van der Waals surface area contributed by atoms with Crippen molar-refractivity contribution >= 4 is 10.9 Å². The second-order valence-corrected chi connectivity index (χ2v) is 4.91. The first kappa shape index (κ1) is 11.9. The second-order valence-electron chi connectivity index (χ2n) is 4.91. The summed E-state index contributed by atoms with van der Waals surface area (Å²) in [6, 6.07) is 16.7. The van der Waals surface area contributed by atoms with Crippen LogP contribution in [0.25, 0.3) is 27.7 Å². The van der Waals surface area contributed by atoms with Crippen molar-refractivity contribution in [2.24, 2.45) is 0 Å². The normalized spacial score (nSPS) is 10.9. The molecule has 0 bridgehead atoms. The molecule has 0 aliphatic carbocycles. The maximum Gasteiger partial charge on any atom is 0.0639 e. The quantitative estimate of drug-likeness (QED) is 0.550. The molecule has 0 spiro atoms. The van der Waals surface area contributed by atoms with Crippen molar-refractivity contribution in [3.05, 3.63) is 79.5 Å². The smallest absolute Gasteiger partial charge is 0.0639 e. The van der Waals surface area contributed by atoms with Gasteiger partial charge in [-0.1, -0.05) is 12.1 Å². The van der Waals surface area contributed by atoms with Gasteiger partial charge >= 0.3 is 0 Å². The topological polar surface area (TPSA) is 30.7 Å². The molecule has 100 valence electrons. The summed E-state index contributed by atoms with van der Waals surface area (Å²) in [4.78, 5) is 8.27. The van der Waals surface area contributed by atoms with Crippen LogP contribution in [0.15, 0.2) is 79.5 Å². The van der Waals surface area contributed by atoms with E-state index in [1.54, 1.807) is 6.20 Å². The summed E-state index contributed by atoms with van der Waals surface area (Å²) < 4.78 is 2.16. The highest BCUT2D eigenvalue weighted by molar-refractivity contribution is 5.86. The standard InChI is InChI=1S/C18H13N3/c1-2-17(13-20-8-1)21-11-7-15-3-4-16(12-18(15)21)14-5-9-19-10-6-14/h1-13H. The van der Waals surface area contributed by atoms with Crippen LogP contribution in [0.1, 0.15) is 0 Å². The molecule has 3 aromatic heterocycles.